The Morgan fingerprint density at radius 3 is 2.39 bits per heavy atom. The van der Waals surface area contributed by atoms with E-state index < -0.39 is 70.7 Å². The molecule has 0 saturated carbocycles. The van der Waals surface area contributed by atoms with Crippen LogP contribution >= 0.6 is 0 Å². The summed E-state index contributed by atoms with van der Waals surface area (Å²) in [5, 5.41) is 6.38. The number of hydrogen-bond acceptors (Lipinski definition) is 11. The number of amides is 2. The van der Waals surface area contributed by atoms with E-state index in [2.05, 4.69) is 20.3 Å². The number of hydrogen-bond donors (Lipinski definition) is 1. The van der Waals surface area contributed by atoms with E-state index in [1.54, 1.807) is 55.4 Å². The number of azide groups is 1. The standard InChI is InChI=1S/C33H43N7O9/c1-30(2,3)48-28(43)35-17-33-20(15-46-26(33)42)22(21-16-47-32(7,8)40(21)29(44)49-31(4,5)6)23-24(25(33)41)39(27(36-23)37-38-34)18-45-14-19-12-10-9-11-13-19/h9-13,20-22H,14-18H2,1-8H3,(H,35,43)/t20-,21+,22+,33-/m1/s1. The van der Waals surface area contributed by atoms with E-state index >= 15 is 0 Å². The predicted octanol–water partition coefficient (Wildman–Crippen LogP) is 5.34. The highest BCUT2D eigenvalue weighted by Crippen LogP contribution is 2.55. The molecule has 2 aliphatic heterocycles. The highest BCUT2D eigenvalue weighted by Gasteiger charge is 2.68. The Bertz CT molecular complexity index is 1670. The number of cyclic esters (lactones) is 1. The first-order chi connectivity index (χ1) is 22.9. The van der Waals surface area contributed by atoms with Crippen molar-refractivity contribution in [3.05, 3.63) is 57.7 Å². The SMILES string of the molecule is CC(C)(C)OC(=O)NC[C@@]12C(=O)OC[C@@H]1[C@@H]([C@@H]1COC(C)(C)N1C(=O)OC(C)(C)C)c1nc(N=[N+]=[N-])n(COCc3ccccc3)c1C2=O. The monoisotopic (exact) mass is 681 g/mol. The lowest BCUT2D eigenvalue weighted by atomic mass is 9.60. The highest BCUT2D eigenvalue weighted by atomic mass is 16.6. The molecule has 4 atom stereocenters. The highest BCUT2D eigenvalue weighted by molar-refractivity contribution is 6.15. The van der Waals surface area contributed by atoms with Crippen molar-refractivity contribution in [3.8, 4) is 0 Å². The molecular formula is C33H43N7O9. The first kappa shape index (κ1) is 35.6. The fourth-order valence-corrected chi connectivity index (χ4v) is 6.68. The molecule has 16 nitrogen and oxygen atoms in total. The zero-order valence-electron chi connectivity index (χ0n) is 29.0. The molecule has 0 spiro atoms. The minimum atomic E-state index is -1.97. The van der Waals surface area contributed by atoms with E-state index in [-0.39, 0.29) is 43.9 Å². The number of benzene rings is 1. The van der Waals surface area contributed by atoms with Crippen LogP contribution in [0.1, 0.15) is 83.1 Å². The number of rotatable bonds is 8. The van der Waals surface area contributed by atoms with Crippen LogP contribution in [0.25, 0.3) is 10.4 Å². The quantitative estimate of drug-likeness (QED) is 0.0949. The van der Waals surface area contributed by atoms with Gasteiger partial charge in [0.15, 0.2) is 11.4 Å². The van der Waals surface area contributed by atoms with E-state index in [0.717, 1.165) is 5.56 Å². The summed E-state index contributed by atoms with van der Waals surface area (Å²) < 4.78 is 30.2. The number of Topliss-reactive ketones (excluding diaryl/α,β-unsaturated/α-hetero) is 1. The molecule has 2 fully saturated rings. The van der Waals surface area contributed by atoms with Gasteiger partial charge in [-0.15, -0.1) is 0 Å². The number of alkyl carbamates (subject to hydrolysis) is 1. The van der Waals surface area contributed by atoms with Gasteiger partial charge in [0.25, 0.3) is 0 Å². The summed E-state index contributed by atoms with van der Waals surface area (Å²) >= 11 is 0. The van der Waals surface area contributed by atoms with Crippen LogP contribution in [0.4, 0.5) is 15.5 Å². The van der Waals surface area contributed by atoms with Gasteiger partial charge in [-0.1, -0.05) is 30.3 Å². The fraction of sp³-hybridized carbons (Fsp3) is 0.606. The molecule has 3 heterocycles. The van der Waals surface area contributed by atoms with Crippen LogP contribution in [0.5, 0.6) is 0 Å². The summed E-state index contributed by atoms with van der Waals surface area (Å²) in [6.07, 6.45) is -1.52. The molecule has 1 aromatic carbocycles. The summed E-state index contributed by atoms with van der Waals surface area (Å²) in [6.45, 7) is 12.8. The Hall–Kier alpha value is -4.66. The molecule has 2 amide bonds. The molecule has 3 aliphatic rings. The largest absolute Gasteiger partial charge is 0.464 e. The first-order valence-corrected chi connectivity index (χ1v) is 16.0. The molecule has 1 N–H and O–H groups in total. The molecule has 5 rings (SSSR count). The molecule has 1 aromatic heterocycles. The number of nitrogens with one attached hydrogen (secondary N) is 1. The normalized spacial score (nSPS) is 24.4. The van der Waals surface area contributed by atoms with Crippen LogP contribution in [-0.4, -0.2) is 81.1 Å². The van der Waals surface area contributed by atoms with Gasteiger partial charge in [-0.05, 0) is 71.6 Å². The Kier molecular flexibility index (Phi) is 9.45. The Labute approximate surface area is 284 Å². The van der Waals surface area contributed by atoms with E-state index in [9.17, 15) is 24.7 Å². The van der Waals surface area contributed by atoms with Crippen molar-refractivity contribution in [1.29, 1.82) is 0 Å². The molecular weight excluding hydrogens is 638 g/mol. The average Bonchev–Trinajstić information content (AvgIpc) is 3.62. The van der Waals surface area contributed by atoms with Gasteiger partial charge in [0.1, 0.15) is 29.4 Å². The minimum Gasteiger partial charge on any atom is -0.464 e. The van der Waals surface area contributed by atoms with Crippen LogP contribution < -0.4 is 5.32 Å². The Morgan fingerprint density at radius 1 is 1.08 bits per heavy atom. The Morgan fingerprint density at radius 2 is 1.76 bits per heavy atom. The van der Waals surface area contributed by atoms with E-state index in [4.69, 9.17) is 23.7 Å². The molecule has 2 saturated heterocycles. The third kappa shape index (κ3) is 6.94. The second-order valence-corrected chi connectivity index (χ2v) is 14.8. The lowest BCUT2D eigenvalue weighted by molar-refractivity contribution is -0.144. The van der Waals surface area contributed by atoms with Crippen molar-refractivity contribution >= 4 is 29.9 Å². The van der Waals surface area contributed by atoms with Gasteiger partial charge in [-0.3, -0.25) is 19.1 Å². The molecule has 264 valence electrons. The van der Waals surface area contributed by atoms with Crippen LogP contribution in [0.15, 0.2) is 35.4 Å². The molecule has 1 aliphatic carbocycles. The molecule has 0 bridgehead atoms. The molecule has 0 radical (unpaired) electrons. The number of imidazole rings is 1. The number of fused-ring (bicyclic) bond motifs is 2. The predicted molar refractivity (Wildman–Crippen MR) is 172 cm³/mol. The summed E-state index contributed by atoms with van der Waals surface area (Å²) in [5.74, 6) is -3.57. The van der Waals surface area contributed by atoms with Crippen molar-refractivity contribution in [2.45, 2.75) is 97.6 Å². The van der Waals surface area contributed by atoms with Crippen LogP contribution in [0.3, 0.4) is 0 Å². The van der Waals surface area contributed by atoms with Gasteiger partial charge in [0.2, 0.25) is 5.78 Å². The topological polar surface area (TPSA) is 196 Å². The second kappa shape index (κ2) is 13.0. The second-order valence-electron chi connectivity index (χ2n) is 14.8. The van der Waals surface area contributed by atoms with Crippen LogP contribution in [0, 0.1) is 11.3 Å². The van der Waals surface area contributed by atoms with Crippen molar-refractivity contribution in [3.63, 3.8) is 0 Å². The maximum atomic E-state index is 14.8. The number of ketones is 1. The number of nitrogens with zero attached hydrogens (tertiary/aromatic N) is 6. The number of carbonyl (C=O) groups excluding carboxylic acids is 4. The number of aromatic nitrogens is 2. The van der Waals surface area contributed by atoms with Crippen molar-refractivity contribution in [2.75, 3.05) is 19.8 Å². The van der Waals surface area contributed by atoms with E-state index in [1.807, 2.05) is 30.3 Å². The van der Waals surface area contributed by atoms with Crippen LogP contribution in [-0.2, 0) is 41.8 Å². The maximum Gasteiger partial charge on any atom is 0.412 e. The zero-order valence-corrected chi connectivity index (χ0v) is 29.0. The number of carbonyl (C=O) groups is 4. The zero-order chi connectivity index (χ0) is 35.9. The van der Waals surface area contributed by atoms with Crippen LogP contribution in [0.2, 0.25) is 0 Å². The van der Waals surface area contributed by atoms with E-state index in [1.165, 1.54) is 9.47 Å². The maximum absolute atomic E-state index is 14.8. The van der Waals surface area contributed by atoms with Crippen molar-refractivity contribution in [1.82, 2.24) is 19.8 Å². The van der Waals surface area contributed by atoms with E-state index in [0.29, 0.717) is 0 Å². The summed E-state index contributed by atoms with van der Waals surface area (Å²) in [6, 6.07) is 8.47. The Balaban J connectivity index is 1.66. The summed E-state index contributed by atoms with van der Waals surface area (Å²) in [4.78, 5) is 64.4. The van der Waals surface area contributed by atoms with Gasteiger partial charge < -0.3 is 29.0 Å². The molecule has 2 aromatic rings. The fourth-order valence-electron chi connectivity index (χ4n) is 6.68. The summed E-state index contributed by atoms with van der Waals surface area (Å²) in [7, 11) is 0. The smallest absolute Gasteiger partial charge is 0.412 e. The lowest BCUT2D eigenvalue weighted by Gasteiger charge is -2.44. The van der Waals surface area contributed by atoms with Gasteiger partial charge >= 0.3 is 18.2 Å². The molecule has 0 unspecified atom stereocenters. The molecule has 16 heteroatoms. The van der Waals surface area contributed by atoms with Crippen molar-refractivity contribution in [2.24, 2.45) is 16.4 Å². The molecule has 49 heavy (non-hydrogen) atoms. The van der Waals surface area contributed by atoms with Crippen molar-refractivity contribution < 1.29 is 42.9 Å². The number of ether oxygens (including phenoxy) is 5. The number of esters is 1. The third-order valence-electron chi connectivity index (χ3n) is 8.64. The lowest BCUT2D eigenvalue weighted by Crippen LogP contribution is -2.59. The minimum absolute atomic E-state index is 0.0149. The van der Waals surface area contributed by atoms with Gasteiger partial charge in [-0.25, -0.2) is 14.6 Å². The van der Waals surface area contributed by atoms with Gasteiger partial charge in [0.05, 0.1) is 31.6 Å². The van der Waals surface area contributed by atoms with Gasteiger partial charge in [-0.2, -0.15) is 0 Å². The van der Waals surface area contributed by atoms with Gasteiger partial charge in [0, 0.05) is 23.3 Å². The summed E-state index contributed by atoms with van der Waals surface area (Å²) in [5.41, 5.74) is 5.60. The first-order valence-electron chi connectivity index (χ1n) is 16.0. The average molecular weight is 682 g/mol. The third-order valence-corrected chi connectivity index (χ3v) is 8.64.